The van der Waals surface area contributed by atoms with Crippen LogP contribution in [0.1, 0.15) is 48.5 Å². The molecule has 33 heavy (non-hydrogen) atoms. The van der Waals surface area contributed by atoms with E-state index in [0.29, 0.717) is 11.6 Å². The van der Waals surface area contributed by atoms with Crippen molar-refractivity contribution in [3.8, 4) is 22.7 Å². The van der Waals surface area contributed by atoms with Gasteiger partial charge in [-0.2, -0.15) is 9.78 Å². The Morgan fingerprint density at radius 1 is 1.06 bits per heavy atom. The van der Waals surface area contributed by atoms with Gasteiger partial charge in [0, 0.05) is 12.6 Å². The number of furan rings is 1. The first-order valence-electron chi connectivity index (χ1n) is 10.7. The third-order valence-electron chi connectivity index (χ3n) is 5.08. The molecule has 0 unspecified atom stereocenters. The Morgan fingerprint density at radius 3 is 2.42 bits per heavy atom. The summed E-state index contributed by atoms with van der Waals surface area (Å²) in [7, 11) is 0. The van der Waals surface area contributed by atoms with E-state index < -0.39 is 5.97 Å². The van der Waals surface area contributed by atoms with Gasteiger partial charge in [0.15, 0.2) is 5.76 Å². The number of carbonyl (C=O) groups is 2. The number of amides is 1. The highest BCUT2D eigenvalue weighted by molar-refractivity contribution is 6.02. The topological polar surface area (TPSA) is 86.4 Å². The molecule has 2 aromatic carbocycles. The van der Waals surface area contributed by atoms with Crippen LogP contribution < -0.4 is 10.1 Å². The van der Waals surface area contributed by atoms with Crippen molar-refractivity contribution >= 4 is 17.6 Å². The number of carbonyl (C=O) groups excluding carboxylic acids is 2. The highest BCUT2D eigenvalue weighted by Crippen LogP contribution is 2.39. The number of rotatable bonds is 6. The third-order valence-corrected chi connectivity index (χ3v) is 5.08. The number of ether oxygens (including phenoxy) is 1. The first-order chi connectivity index (χ1) is 15.8. The number of nitrogens with zero attached hydrogens (tertiary/aromatic N) is 2. The van der Waals surface area contributed by atoms with Crippen molar-refractivity contribution in [2.24, 2.45) is 0 Å². The number of aromatic nitrogens is 2. The molecular weight excluding hydrogens is 418 g/mol. The Hall–Kier alpha value is -4.13. The quantitative estimate of drug-likeness (QED) is 0.384. The Balaban J connectivity index is 1.77. The molecule has 2 heterocycles. The second kappa shape index (κ2) is 9.16. The molecule has 1 N–H and O–H groups in total. The van der Waals surface area contributed by atoms with Gasteiger partial charge >= 0.3 is 5.97 Å². The van der Waals surface area contributed by atoms with Gasteiger partial charge in [0.05, 0.1) is 23.2 Å². The summed E-state index contributed by atoms with van der Waals surface area (Å²) in [6.45, 7) is 7.46. The molecule has 0 atom stereocenters. The van der Waals surface area contributed by atoms with E-state index >= 15 is 0 Å². The fourth-order valence-electron chi connectivity index (χ4n) is 3.58. The summed E-state index contributed by atoms with van der Waals surface area (Å²) in [5.74, 6) is -0.0770. The zero-order chi connectivity index (χ0) is 23.5. The van der Waals surface area contributed by atoms with Crippen molar-refractivity contribution in [2.75, 3.05) is 5.32 Å². The van der Waals surface area contributed by atoms with E-state index in [0.717, 1.165) is 28.1 Å². The summed E-state index contributed by atoms with van der Waals surface area (Å²) >= 11 is 0. The lowest BCUT2D eigenvalue weighted by atomic mass is 9.99. The van der Waals surface area contributed by atoms with Gasteiger partial charge in [0.25, 0.3) is 5.91 Å². The van der Waals surface area contributed by atoms with Crippen LogP contribution in [0.5, 0.6) is 5.88 Å². The van der Waals surface area contributed by atoms with Gasteiger partial charge in [-0.05, 0) is 60.4 Å². The minimum atomic E-state index is -0.428. The third kappa shape index (κ3) is 4.72. The average Bonchev–Trinajstić information content (AvgIpc) is 3.43. The Bertz CT molecular complexity index is 1290. The molecule has 2 aromatic heterocycles. The molecule has 0 fully saturated rings. The predicted octanol–water partition coefficient (Wildman–Crippen LogP) is 5.74. The minimum absolute atomic E-state index is 0.0821. The number of anilines is 1. The Morgan fingerprint density at radius 2 is 1.82 bits per heavy atom. The molecule has 0 spiro atoms. The fraction of sp³-hybridized carbons (Fsp3) is 0.192. The molecule has 0 aliphatic heterocycles. The molecule has 0 bridgehead atoms. The van der Waals surface area contributed by atoms with Crippen LogP contribution in [0.3, 0.4) is 0 Å². The predicted molar refractivity (Wildman–Crippen MR) is 126 cm³/mol. The molecule has 0 aliphatic carbocycles. The average molecular weight is 444 g/mol. The molecule has 168 valence electrons. The summed E-state index contributed by atoms with van der Waals surface area (Å²) in [6.07, 6.45) is 1.45. The number of hydrogen-bond donors (Lipinski definition) is 1. The van der Waals surface area contributed by atoms with Gasteiger partial charge in [0.1, 0.15) is 0 Å². The molecule has 1 amide bonds. The lowest BCUT2D eigenvalue weighted by Crippen LogP contribution is -2.10. The smallest absolute Gasteiger partial charge is 0.309 e. The van der Waals surface area contributed by atoms with Gasteiger partial charge in [0.2, 0.25) is 5.88 Å². The van der Waals surface area contributed by atoms with Crippen LogP contribution in [0, 0.1) is 6.92 Å². The standard InChI is InChI=1S/C26H25N3O4/c1-16(2)24-23(19-10-12-20(13-11-19)27-25(31)22-9-6-14-32-22)26(33-18(4)30)29(28-24)21-8-5-7-17(3)15-21/h5-16H,1-4H3,(H,27,31). The first-order valence-corrected chi connectivity index (χ1v) is 10.7. The summed E-state index contributed by atoms with van der Waals surface area (Å²) in [4.78, 5) is 24.3. The van der Waals surface area contributed by atoms with Crippen molar-refractivity contribution in [3.05, 3.63) is 83.9 Å². The van der Waals surface area contributed by atoms with Crippen molar-refractivity contribution in [1.82, 2.24) is 9.78 Å². The van der Waals surface area contributed by atoms with Crippen molar-refractivity contribution in [3.63, 3.8) is 0 Å². The Kier molecular flexibility index (Phi) is 6.13. The van der Waals surface area contributed by atoms with Crippen molar-refractivity contribution < 1.29 is 18.7 Å². The normalized spacial score (nSPS) is 10.9. The number of hydrogen-bond acceptors (Lipinski definition) is 5. The molecule has 0 saturated carbocycles. The molecule has 7 nitrogen and oxygen atoms in total. The SMILES string of the molecule is CC(=O)Oc1c(-c2ccc(NC(=O)c3ccco3)cc2)c(C(C)C)nn1-c1cccc(C)c1. The fourth-order valence-corrected chi connectivity index (χ4v) is 3.58. The number of aryl methyl sites for hydroxylation is 1. The highest BCUT2D eigenvalue weighted by atomic mass is 16.5. The maximum atomic E-state index is 12.3. The van der Waals surface area contributed by atoms with Crippen LogP contribution in [0.4, 0.5) is 5.69 Å². The zero-order valence-electron chi connectivity index (χ0n) is 19.0. The van der Waals surface area contributed by atoms with E-state index in [1.165, 1.54) is 13.2 Å². The summed E-state index contributed by atoms with van der Waals surface area (Å²) in [5, 5.41) is 7.62. The lowest BCUT2D eigenvalue weighted by Gasteiger charge is -2.11. The molecule has 4 rings (SSSR count). The van der Waals surface area contributed by atoms with Crippen LogP contribution in [0.15, 0.2) is 71.3 Å². The number of benzene rings is 2. The van der Waals surface area contributed by atoms with E-state index in [-0.39, 0.29) is 17.6 Å². The van der Waals surface area contributed by atoms with E-state index in [4.69, 9.17) is 14.3 Å². The van der Waals surface area contributed by atoms with Gasteiger partial charge in [-0.15, -0.1) is 0 Å². The minimum Gasteiger partial charge on any atom is -0.459 e. The summed E-state index contributed by atoms with van der Waals surface area (Å²) in [5.41, 5.74) is 4.87. The molecule has 0 saturated heterocycles. The van der Waals surface area contributed by atoms with Crippen LogP contribution in [0.2, 0.25) is 0 Å². The van der Waals surface area contributed by atoms with Crippen molar-refractivity contribution in [2.45, 2.75) is 33.6 Å². The van der Waals surface area contributed by atoms with E-state index in [2.05, 4.69) is 5.32 Å². The number of esters is 1. The van der Waals surface area contributed by atoms with Gasteiger partial charge in [-0.3, -0.25) is 9.59 Å². The van der Waals surface area contributed by atoms with Gasteiger partial charge in [-0.1, -0.05) is 38.1 Å². The second-order valence-corrected chi connectivity index (χ2v) is 8.07. The van der Waals surface area contributed by atoms with E-state index in [1.807, 2.05) is 57.2 Å². The van der Waals surface area contributed by atoms with Crippen LogP contribution in [-0.4, -0.2) is 21.7 Å². The molecule has 4 aromatic rings. The first kappa shape index (κ1) is 22.1. The molecular formula is C26H25N3O4. The van der Waals surface area contributed by atoms with E-state index in [1.54, 1.807) is 28.9 Å². The molecule has 0 aliphatic rings. The monoisotopic (exact) mass is 443 g/mol. The second-order valence-electron chi connectivity index (χ2n) is 8.07. The summed E-state index contributed by atoms with van der Waals surface area (Å²) in [6, 6.07) is 18.4. The number of nitrogens with one attached hydrogen (secondary N) is 1. The largest absolute Gasteiger partial charge is 0.459 e. The van der Waals surface area contributed by atoms with Crippen LogP contribution in [0.25, 0.3) is 16.8 Å². The summed E-state index contributed by atoms with van der Waals surface area (Å²) < 4.78 is 12.5. The highest BCUT2D eigenvalue weighted by Gasteiger charge is 2.25. The van der Waals surface area contributed by atoms with Crippen LogP contribution in [-0.2, 0) is 4.79 Å². The lowest BCUT2D eigenvalue weighted by molar-refractivity contribution is -0.132. The Labute approximate surface area is 192 Å². The maximum absolute atomic E-state index is 12.3. The zero-order valence-corrected chi connectivity index (χ0v) is 19.0. The molecule has 0 radical (unpaired) electrons. The van der Waals surface area contributed by atoms with E-state index in [9.17, 15) is 9.59 Å². The van der Waals surface area contributed by atoms with Crippen molar-refractivity contribution in [1.29, 1.82) is 0 Å². The van der Waals surface area contributed by atoms with Crippen LogP contribution >= 0.6 is 0 Å². The molecule has 7 heteroatoms. The maximum Gasteiger partial charge on any atom is 0.309 e. The van der Waals surface area contributed by atoms with Gasteiger partial charge in [-0.25, -0.2) is 0 Å². The van der Waals surface area contributed by atoms with Gasteiger partial charge < -0.3 is 14.5 Å².